The maximum absolute atomic E-state index is 12.0. The van der Waals surface area contributed by atoms with Gasteiger partial charge in [-0.05, 0) is 20.8 Å². The number of amides is 2. The summed E-state index contributed by atoms with van der Waals surface area (Å²) in [5, 5.41) is 13.2. The minimum Gasteiger partial charge on any atom is -0.334 e. The number of aromatic nitrogens is 3. The summed E-state index contributed by atoms with van der Waals surface area (Å²) >= 11 is 1.58. The molecule has 24 heavy (non-hydrogen) atoms. The van der Waals surface area contributed by atoms with Crippen LogP contribution < -0.4 is 10.6 Å². The van der Waals surface area contributed by atoms with Crippen LogP contribution in [0, 0.1) is 13.8 Å². The quantitative estimate of drug-likeness (QED) is 0.870. The molecule has 0 saturated heterocycles. The van der Waals surface area contributed by atoms with Crippen molar-refractivity contribution < 1.29 is 4.79 Å². The summed E-state index contributed by atoms with van der Waals surface area (Å²) < 4.78 is 1.95. The summed E-state index contributed by atoms with van der Waals surface area (Å²) in [5.74, 6) is 0. The normalized spacial score (nSPS) is 11.6. The van der Waals surface area contributed by atoms with Crippen LogP contribution in [0.4, 0.5) is 4.79 Å². The molecule has 0 bridgehead atoms. The second-order valence-electron chi connectivity index (χ2n) is 6.88. The zero-order chi connectivity index (χ0) is 17.9. The third kappa shape index (κ3) is 4.35. The topological polar surface area (TPSA) is 71.8 Å². The third-order valence-electron chi connectivity index (χ3n) is 3.98. The molecule has 132 valence electrons. The fourth-order valence-electron chi connectivity index (χ4n) is 2.42. The average Bonchev–Trinajstić information content (AvgIpc) is 3.08. The van der Waals surface area contributed by atoms with Gasteiger partial charge in [0.05, 0.1) is 17.9 Å². The molecule has 0 atom stereocenters. The minimum absolute atomic E-state index is 0.0332. The maximum Gasteiger partial charge on any atom is 0.315 e. The molecule has 2 aromatic heterocycles. The van der Waals surface area contributed by atoms with E-state index >= 15 is 0 Å². The number of carbonyl (C=O) groups is 1. The van der Waals surface area contributed by atoms with Gasteiger partial charge in [-0.2, -0.15) is 5.10 Å². The number of aryl methyl sites for hydroxylation is 2. The van der Waals surface area contributed by atoms with Crippen LogP contribution in [0.2, 0.25) is 0 Å². The zero-order valence-corrected chi connectivity index (χ0v) is 16.2. The fraction of sp³-hybridized carbons (Fsp3) is 0.588. The lowest BCUT2D eigenvalue weighted by Crippen LogP contribution is -2.34. The fourth-order valence-corrected chi connectivity index (χ4v) is 3.38. The number of nitrogens with zero attached hydrogens (tertiary/aromatic N) is 3. The SMILES string of the molecule is CCn1nc(C)c(CNC(=O)NCc2nc(C(C)(C)C)cs2)c1C. The standard InChI is InChI=1S/C17H27N5OS/c1-7-22-12(3)13(11(2)21-22)8-18-16(23)19-9-15-20-14(10-24-15)17(4,5)6/h10H,7-9H2,1-6H3,(H2,18,19,23). The molecule has 0 aliphatic heterocycles. The molecule has 6 nitrogen and oxygen atoms in total. The van der Waals surface area contributed by atoms with Crippen LogP contribution in [-0.2, 0) is 25.0 Å². The van der Waals surface area contributed by atoms with Crippen LogP contribution in [-0.4, -0.2) is 20.8 Å². The van der Waals surface area contributed by atoms with E-state index in [4.69, 9.17) is 0 Å². The molecule has 0 saturated carbocycles. The van der Waals surface area contributed by atoms with Gasteiger partial charge in [-0.3, -0.25) is 4.68 Å². The van der Waals surface area contributed by atoms with Gasteiger partial charge in [0, 0.05) is 35.1 Å². The van der Waals surface area contributed by atoms with Crippen molar-refractivity contribution in [1.29, 1.82) is 0 Å². The summed E-state index contributed by atoms with van der Waals surface area (Å²) in [6.45, 7) is 14.2. The maximum atomic E-state index is 12.0. The molecule has 0 spiro atoms. The number of carbonyl (C=O) groups excluding carboxylic acids is 1. The van der Waals surface area contributed by atoms with Crippen molar-refractivity contribution in [2.75, 3.05) is 0 Å². The minimum atomic E-state index is -0.189. The van der Waals surface area contributed by atoms with Gasteiger partial charge in [0.15, 0.2) is 0 Å². The van der Waals surface area contributed by atoms with Gasteiger partial charge >= 0.3 is 6.03 Å². The lowest BCUT2D eigenvalue weighted by molar-refractivity contribution is 0.240. The number of hydrogen-bond acceptors (Lipinski definition) is 4. The summed E-state index contributed by atoms with van der Waals surface area (Å²) in [4.78, 5) is 16.6. The first-order valence-electron chi connectivity index (χ1n) is 8.21. The number of nitrogens with one attached hydrogen (secondary N) is 2. The summed E-state index contributed by atoms with van der Waals surface area (Å²) in [6.07, 6.45) is 0. The Balaban J connectivity index is 1.86. The molecule has 2 heterocycles. The van der Waals surface area contributed by atoms with E-state index in [2.05, 4.69) is 53.8 Å². The van der Waals surface area contributed by atoms with E-state index in [0.717, 1.165) is 34.2 Å². The first-order chi connectivity index (χ1) is 11.2. The Labute approximate surface area is 147 Å². The lowest BCUT2D eigenvalue weighted by Gasteiger charge is -2.14. The lowest BCUT2D eigenvalue weighted by atomic mass is 9.93. The Bertz CT molecular complexity index is 711. The summed E-state index contributed by atoms with van der Waals surface area (Å²) in [5.41, 5.74) is 4.24. The van der Waals surface area contributed by atoms with E-state index in [1.807, 2.05) is 18.5 Å². The van der Waals surface area contributed by atoms with Crippen LogP contribution in [0.15, 0.2) is 5.38 Å². The van der Waals surface area contributed by atoms with Gasteiger partial charge < -0.3 is 10.6 Å². The number of thiazole rings is 1. The Hall–Kier alpha value is -1.89. The molecule has 0 radical (unpaired) electrons. The van der Waals surface area contributed by atoms with E-state index in [1.165, 1.54) is 0 Å². The molecular weight excluding hydrogens is 322 g/mol. The second-order valence-corrected chi connectivity index (χ2v) is 7.82. The van der Waals surface area contributed by atoms with Crippen molar-refractivity contribution in [2.24, 2.45) is 0 Å². The molecule has 0 fully saturated rings. The van der Waals surface area contributed by atoms with Crippen molar-refractivity contribution in [3.05, 3.63) is 33.0 Å². The first kappa shape index (κ1) is 18.4. The Morgan fingerprint density at radius 3 is 2.46 bits per heavy atom. The van der Waals surface area contributed by atoms with Crippen molar-refractivity contribution in [1.82, 2.24) is 25.4 Å². The van der Waals surface area contributed by atoms with E-state index in [9.17, 15) is 4.79 Å². The van der Waals surface area contributed by atoms with Gasteiger partial charge in [0.2, 0.25) is 0 Å². The summed E-state index contributed by atoms with van der Waals surface area (Å²) in [7, 11) is 0. The highest BCUT2D eigenvalue weighted by atomic mass is 32.1. The number of urea groups is 1. The molecule has 7 heteroatoms. The third-order valence-corrected chi connectivity index (χ3v) is 4.83. The zero-order valence-electron chi connectivity index (χ0n) is 15.4. The van der Waals surface area contributed by atoms with Crippen LogP contribution in [0.1, 0.15) is 55.3 Å². The molecule has 2 amide bonds. The molecule has 2 aromatic rings. The van der Waals surface area contributed by atoms with Gasteiger partial charge in [0.25, 0.3) is 0 Å². The van der Waals surface area contributed by atoms with Crippen LogP contribution >= 0.6 is 11.3 Å². The second kappa shape index (κ2) is 7.34. The predicted molar refractivity (Wildman–Crippen MR) is 97.3 cm³/mol. The summed E-state index contributed by atoms with van der Waals surface area (Å²) in [6, 6.07) is -0.189. The van der Waals surface area contributed by atoms with Crippen LogP contribution in [0.5, 0.6) is 0 Å². The molecule has 0 unspecified atom stereocenters. The van der Waals surface area contributed by atoms with Crippen LogP contribution in [0.25, 0.3) is 0 Å². The highest BCUT2D eigenvalue weighted by Crippen LogP contribution is 2.23. The van der Waals surface area contributed by atoms with Crippen molar-refractivity contribution in [2.45, 2.75) is 66.6 Å². The Morgan fingerprint density at radius 2 is 1.92 bits per heavy atom. The molecular formula is C17H27N5OS. The van der Waals surface area contributed by atoms with E-state index < -0.39 is 0 Å². The van der Waals surface area contributed by atoms with Gasteiger partial charge in [-0.15, -0.1) is 11.3 Å². The van der Waals surface area contributed by atoms with Gasteiger partial charge in [-0.25, -0.2) is 9.78 Å². The Morgan fingerprint density at radius 1 is 1.25 bits per heavy atom. The smallest absolute Gasteiger partial charge is 0.315 e. The first-order valence-corrected chi connectivity index (χ1v) is 9.09. The Kier molecular flexibility index (Phi) is 5.64. The van der Waals surface area contributed by atoms with Crippen LogP contribution in [0.3, 0.4) is 0 Å². The van der Waals surface area contributed by atoms with E-state index in [-0.39, 0.29) is 11.4 Å². The number of rotatable bonds is 5. The van der Waals surface area contributed by atoms with Crippen molar-refractivity contribution >= 4 is 17.4 Å². The average molecular weight is 350 g/mol. The molecule has 2 N–H and O–H groups in total. The van der Waals surface area contributed by atoms with Gasteiger partial charge in [-0.1, -0.05) is 20.8 Å². The van der Waals surface area contributed by atoms with Crippen molar-refractivity contribution in [3.63, 3.8) is 0 Å². The highest BCUT2D eigenvalue weighted by Gasteiger charge is 2.17. The van der Waals surface area contributed by atoms with E-state index in [1.54, 1.807) is 11.3 Å². The molecule has 0 aliphatic carbocycles. The van der Waals surface area contributed by atoms with Gasteiger partial charge in [0.1, 0.15) is 5.01 Å². The highest BCUT2D eigenvalue weighted by molar-refractivity contribution is 7.09. The van der Waals surface area contributed by atoms with Crippen molar-refractivity contribution in [3.8, 4) is 0 Å². The number of hydrogen-bond donors (Lipinski definition) is 2. The molecule has 0 aromatic carbocycles. The van der Waals surface area contributed by atoms with E-state index in [0.29, 0.717) is 13.1 Å². The monoisotopic (exact) mass is 349 g/mol. The molecule has 2 rings (SSSR count). The molecule has 0 aliphatic rings. The largest absolute Gasteiger partial charge is 0.334 e. The predicted octanol–water partition coefficient (Wildman–Crippen LogP) is 3.27.